The maximum absolute atomic E-state index is 5.52. The van der Waals surface area contributed by atoms with Crippen LogP contribution in [0.25, 0.3) is 0 Å². The summed E-state index contributed by atoms with van der Waals surface area (Å²) in [6.07, 6.45) is 0. The summed E-state index contributed by atoms with van der Waals surface area (Å²) < 4.78 is 6.67. The average molecular weight is 485 g/mol. The molecule has 4 rings (SSSR count). The average Bonchev–Trinajstić information content (AvgIpc) is 3.26. The third-order valence-corrected chi connectivity index (χ3v) is 7.23. The molecule has 1 aliphatic heterocycles. The lowest BCUT2D eigenvalue weighted by molar-refractivity contribution is 0.0196. The van der Waals surface area contributed by atoms with Gasteiger partial charge in [0.1, 0.15) is 5.75 Å². The summed E-state index contributed by atoms with van der Waals surface area (Å²) in [4.78, 5) is 5.28. The van der Waals surface area contributed by atoms with Crippen LogP contribution in [0.1, 0.15) is 36.6 Å². The quantitative estimate of drug-likeness (QED) is 0.413. The molecule has 0 unspecified atom stereocenters. The molecule has 0 saturated carbocycles. The molecule has 158 valence electrons. The first-order chi connectivity index (χ1) is 14.5. The third kappa shape index (κ3) is 4.80. The molecule has 0 amide bonds. The van der Waals surface area contributed by atoms with Crippen LogP contribution in [0.15, 0.2) is 69.8 Å². The Balaban J connectivity index is 1.58. The molecular weight excluding hydrogens is 456 g/mol. The number of piperazine rings is 1. The van der Waals surface area contributed by atoms with Gasteiger partial charge in [0.2, 0.25) is 0 Å². The molecule has 2 aromatic carbocycles. The smallest absolute Gasteiger partial charge is 0.119 e. The van der Waals surface area contributed by atoms with Crippen molar-refractivity contribution in [1.82, 2.24) is 9.80 Å². The van der Waals surface area contributed by atoms with Crippen molar-refractivity contribution in [3.8, 4) is 5.75 Å². The van der Waals surface area contributed by atoms with Crippen LogP contribution in [0, 0.1) is 0 Å². The number of nitrogens with zero attached hydrogens (tertiary/aromatic N) is 2. The van der Waals surface area contributed by atoms with Gasteiger partial charge in [0.05, 0.1) is 13.2 Å². The molecule has 0 spiro atoms. The van der Waals surface area contributed by atoms with E-state index < -0.39 is 0 Å². The number of hydrogen-bond donors (Lipinski definition) is 0. The van der Waals surface area contributed by atoms with Crippen molar-refractivity contribution in [3.05, 3.63) is 86.5 Å². The van der Waals surface area contributed by atoms with Gasteiger partial charge in [0.25, 0.3) is 0 Å². The fourth-order valence-electron chi connectivity index (χ4n) is 4.49. The molecule has 5 heteroatoms. The molecule has 0 aliphatic carbocycles. The number of hydrogen-bond acceptors (Lipinski definition) is 4. The molecule has 3 aromatic rings. The molecule has 3 atom stereocenters. The molecule has 0 N–H and O–H groups in total. The monoisotopic (exact) mass is 484 g/mol. The molecule has 1 saturated heterocycles. The van der Waals surface area contributed by atoms with Crippen LogP contribution >= 0.6 is 27.3 Å². The van der Waals surface area contributed by atoms with Crippen LogP contribution in [-0.2, 0) is 6.54 Å². The van der Waals surface area contributed by atoms with Crippen LogP contribution < -0.4 is 4.74 Å². The highest BCUT2D eigenvalue weighted by Crippen LogP contribution is 2.35. The fourth-order valence-corrected chi connectivity index (χ4v) is 5.62. The minimum absolute atomic E-state index is 0.247. The van der Waals surface area contributed by atoms with E-state index in [9.17, 15) is 0 Å². The van der Waals surface area contributed by atoms with Crippen molar-refractivity contribution in [3.63, 3.8) is 0 Å². The summed E-state index contributed by atoms with van der Waals surface area (Å²) in [7, 11) is 1.74. The van der Waals surface area contributed by atoms with Gasteiger partial charge in [-0.15, -0.1) is 0 Å². The Morgan fingerprint density at radius 2 is 1.87 bits per heavy atom. The molecule has 1 aromatic heterocycles. The van der Waals surface area contributed by atoms with E-state index in [1.54, 1.807) is 18.4 Å². The number of halogens is 1. The Hall–Kier alpha value is -1.66. The second-order valence-electron chi connectivity index (χ2n) is 8.19. The van der Waals surface area contributed by atoms with Crippen molar-refractivity contribution in [1.29, 1.82) is 0 Å². The van der Waals surface area contributed by atoms with Gasteiger partial charge in [-0.05, 0) is 71.6 Å². The summed E-state index contributed by atoms with van der Waals surface area (Å²) >= 11 is 5.38. The number of methoxy groups -OCH3 is 1. The van der Waals surface area contributed by atoms with Crippen LogP contribution in [-0.4, -0.2) is 42.1 Å². The normalized spacial score (nSPS) is 21.5. The summed E-state index contributed by atoms with van der Waals surface area (Å²) in [5.41, 5.74) is 4.03. The van der Waals surface area contributed by atoms with Crippen molar-refractivity contribution in [2.24, 2.45) is 0 Å². The van der Waals surface area contributed by atoms with Crippen LogP contribution in [0.5, 0.6) is 5.75 Å². The molecule has 1 aliphatic rings. The number of benzene rings is 2. The van der Waals surface area contributed by atoms with Crippen molar-refractivity contribution >= 4 is 27.3 Å². The lowest BCUT2D eigenvalue weighted by Gasteiger charge is -2.47. The highest BCUT2D eigenvalue weighted by atomic mass is 79.9. The summed E-state index contributed by atoms with van der Waals surface area (Å²) in [5.74, 6) is 0.918. The summed E-state index contributed by atoms with van der Waals surface area (Å²) in [6, 6.07) is 20.7. The summed E-state index contributed by atoms with van der Waals surface area (Å²) in [6.45, 7) is 7.79. The molecule has 0 radical (unpaired) electrons. The molecule has 0 bridgehead atoms. The maximum Gasteiger partial charge on any atom is 0.119 e. The Morgan fingerprint density at radius 3 is 2.60 bits per heavy atom. The molecule has 1 fully saturated rings. The van der Waals surface area contributed by atoms with E-state index >= 15 is 0 Å². The zero-order valence-electron chi connectivity index (χ0n) is 17.8. The van der Waals surface area contributed by atoms with E-state index in [1.165, 1.54) is 16.7 Å². The van der Waals surface area contributed by atoms with Gasteiger partial charge in [-0.25, -0.2) is 0 Å². The molecule has 3 nitrogen and oxygen atoms in total. The lowest BCUT2D eigenvalue weighted by atomic mass is 9.95. The topological polar surface area (TPSA) is 15.7 Å². The van der Waals surface area contributed by atoms with Crippen molar-refractivity contribution in [2.75, 3.05) is 20.2 Å². The number of ether oxygens (including phenoxy) is 1. The van der Waals surface area contributed by atoms with Crippen molar-refractivity contribution < 1.29 is 4.74 Å². The van der Waals surface area contributed by atoms with Gasteiger partial charge < -0.3 is 4.74 Å². The lowest BCUT2D eigenvalue weighted by Crippen LogP contribution is -2.56. The van der Waals surface area contributed by atoms with E-state index in [0.29, 0.717) is 12.1 Å². The SMILES string of the molecule is COc1cccc([C@@H](c2ccsc2)N2C[C@@H](C)N(Cc3cccc(Br)c3)C[C@@H]2C)c1. The van der Waals surface area contributed by atoms with Gasteiger partial charge in [-0.3, -0.25) is 9.80 Å². The Bertz CT molecular complexity index is 961. The minimum Gasteiger partial charge on any atom is -0.497 e. The Kier molecular flexibility index (Phi) is 6.94. The molecule has 2 heterocycles. The van der Waals surface area contributed by atoms with E-state index in [2.05, 4.69) is 98.9 Å². The van der Waals surface area contributed by atoms with E-state index in [4.69, 9.17) is 4.74 Å². The number of thiophene rings is 1. The van der Waals surface area contributed by atoms with Gasteiger partial charge in [0, 0.05) is 36.2 Å². The Labute approximate surface area is 192 Å². The Morgan fingerprint density at radius 1 is 1.03 bits per heavy atom. The van der Waals surface area contributed by atoms with Crippen LogP contribution in [0.3, 0.4) is 0 Å². The third-order valence-electron chi connectivity index (χ3n) is 6.04. The summed E-state index contributed by atoms with van der Waals surface area (Å²) in [5, 5.41) is 4.47. The van der Waals surface area contributed by atoms with Gasteiger partial charge in [0.15, 0.2) is 0 Å². The van der Waals surface area contributed by atoms with E-state index in [-0.39, 0.29) is 6.04 Å². The van der Waals surface area contributed by atoms with Crippen molar-refractivity contribution in [2.45, 2.75) is 38.5 Å². The first-order valence-corrected chi connectivity index (χ1v) is 12.2. The fraction of sp³-hybridized carbons (Fsp3) is 0.360. The second-order valence-corrected chi connectivity index (χ2v) is 9.89. The number of rotatable bonds is 6. The first-order valence-electron chi connectivity index (χ1n) is 10.5. The van der Waals surface area contributed by atoms with Crippen LogP contribution in [0.4, 0.5) is 0 Å². The first kappa shape index (κ1) is 21.6. The standard InChI is InChI=1S/C25H29BrN2OS/c1-18-15-28(19(2)14-27(18)16-20-6-4-8-23(26)12-20)25(22-10-11-30-17-22)21-7-5-9-24(13-21)29-3/h4-13,17-19,25H,14-16H2,1-3H3/t18-,19+,25+/m1/s1. The van der Waals surface area contributed by atoms with E-state index in [1.807, 2.05) is 6.07 Å². The highest BCUT2D eigenvalue weighted by Gasteiger charge is 2.35. The van der Waals surface area contributed by atoms with Gasteiger partial charge in [-0.1, -0.05) is 40.2 Å². The zero-order chi connectivity index (χ0) is 21.1. The molecular formula is C25H29BrN2OS. The predicted molar refractivity (Wildman–Crippen MR) is 129 cm³/mol. The maximum atomic E-state index is 5.52. The highest BCUT2D eigenvalue weighted by molar-refractivity contribution is 9.10. The minimum atomic E-state index is 0.247. The van der Waals surface area contributed by atoms with Crippen LogP contribution in [0.2, 0.25) is 0 Å². The predicted octanol–water partition coefficient (Wildman–Crippen LogP) is 6.20. The van der Waals surface area contributed by atoms with E-state index in [0.717, 1.165) is 29.9 Å². The van der Waals surface area contributed by atoms with Gasteiger partial charge in [-0.2, -0.15) is 11.3 Å². The largest absolute Gasteiger partial charge is 0.497 e. The molecule has 30 heavy (non-hydrogen) atoms. The van der Waals surface area contributed by atoms with Gasteiger partial charge >= 0.3 is 0 Å². The zero-order valence-corrected chi connectivity index (χ0v) is 20.2. The second kappa shape index (κ2) is 9.65.